The van der Waals surface area contributed by atoms with Gasteiger partial charge in [0.2, 0.25) is 5.43 Å². The Balaban J connectivity index is 2.83. The third-order valence-electron chi connectivity index (χ3n) is 2.92. The van der Waals surface area contributed by atoms with Gasteiger partial charge in [0.15, 0.2) is 0 Å². The highest BCUT2D eigenvalue weighted by atomic mass is 35.5. The minimum atomic E-state index is -1.21. The van der Waals surface area contributed by atoms with Gasteiger partial charge in [-0.2, -0.15) is 0 Å². The number of pyridine rings is 1. The largest absolute Gasteiger partial charge is 0.477 e. The predicted octanol–water partition coefficient (Wildman–Crippen LogP) is 3.40. The smallest absolute Gasteiger partial charge is 0.341 e. The molecule has 20 heavy (non-hydrogen) atoms. The standard InChI is InChI=1S/C15H16ClNO3/c1-15(2,3)8-17-7-11(14(19)20)13(18)10-5-4-9(16)6-12(10)17/h4-7H,8H2,1-3H3,(H,19,20). The monoisotopic (exact) mass is 293 g/mol. The molecule has 0 aliphatic heterocycles. The number of halogens is 1. The summed E-state index contributed by atoms with van der Waals surface area (Å²) in [7, 11) is 0. The van der Waals surface area contributed by atoms with E-state index in [2.05, 4.69) is 0 Å². The van der Waals surface area contributed by atoms with E-state index in [-0.39, 0.29) is 11.0 Å². The van der Waals surface area contributed by atoms with Crippen LogP contribution in [-0.4, -0.2) is 15.6 Å². The Hall–Kier alpha value is -1.81. The SMILES string of the molecule is CC(C)(C)Cn1cc(C(=O)O)c(=O)c2ccc(Cl)cc21. The second-order valence-electron chi connectivity index (χ2n) is 6.03. The maximum atomic E-state index is 12.2. The molecule has 1 aromatic heterocycles. The maximum Gasteiger partial charge on any atom is 0.341 e. The molecule has 0 saturated carbocycles. The number of rotatable bonds is 2. The average Bonchev–Trinajstić information content (AvgIpc) is 2.30. The van der Waals surface area contributed by atoms with Crippen molar-refractivity contribution in [3.05, 3.63) is 45.2 Å². The Bertz CT molecular complexity index is 741. The zero-order chi connectivity index (χ0) is 15.1. The van der Waals surface area contributed by atoms with E-state index in [4.69, 9.17) is 16.7 Å². The van der Waals surface area contributed by atoms with E-state index in [0.29, 0.717) is 22.5 Å². The molecule has 5 heteroatoms. The van der Waals surface area contributed by atoms with Crippen LogP contribution in [0.25, 0.3) is 10.9 Å². The fourth-order valence-corrected chi connectivity index (χ4v) is 2.32. The molecule has 0 unspecified atom stereocenters. The highest BCUT2D eigenvalue weighted by Crippen LogP contribution is 2.22. The third kappa shape index (κ3) is 2.85. The molecule has 2 aromatic rings. The van der Waals surface area contributed by atoms with E-state index in [0.717, 1.165) is 0 Å². The first kappa shape index (κ1) is 14.6. The summed E-state index contributed by atoms with van der Waals surface area (Å²) in [5, 5.41) is 10.1. The summed E-state index contributed by atoms with van der Waals surface area (Å²) >= 11 is 5.98. The summed E-state index contributed by atoms with van der Waals surface area (Å²) in [4.78, 5) is 23.4. The van der Waals surface area contributed by atoms with Gasteiger partial charge in [-0.25, -0.2) is 4.79 Å². The third-order valence-corrected chi connectivity index (χ3v) is 3.15. The van der Waals surface area contributed by atoms with Crippen LogP contribution in [0, 0.1) is 5.41 Å². The molecule has 4 nitrogen and oxygen atoms in total. The first-order valence-electron chi connectivity index (χ1n) is 6.25. The highest BCUT2D eigenvalue weighted by molar-refractivity contribution is 6.31. The van der Waals surface area contributed by atoms with Gasteiger partial charge < -0.3 is 9.67 Å². The Morgan fingerprint density at radius 1 is 1.35 bits per heavy atom. The first-order valence-corrected chi connectivity index (χ1v) is 6.63. The number of carbonyl (C=O) groups is 1. The Labute approximate surface area is 121 Å². The molecular formula is C15H16ClNO3. The second kappa shape index (κ2) is 4.94. The first-order chi connectivity index (χ1) is 9.19. The quantitative estimate of drug-likeness (QED) is 0.923. The van der Waals surface area contributed by atoms with Crippen LogP contribution in [0.3, 0.4) is 0 Å². The summed E-state index contributed by atoms with van der Waals surface area (Å²) in [6, 6.07) is 4.86. The van der Waals surface area contributed by atoms with E-state index < -0.39 is 11.4 Å². The van der Waals surface area contributed by atoms with Gasteiger partial charge >= 0.3 is 5.97 Å². The Morgan fingerprint density at radius 2 is 2.00 bits per heavy atom. The van der Waals surface area contributed by atoms with Gasteiger partial charge in [-0.1, -0.05) is 32.4 Å². The summed E-state index contributed by atoms with van der Waals surface area (Å²) in [5.41, 5.74) is -0.0964. The number of benzene rings is 1. The number of nitrogens with zero attached hydrogens (tertiary/aromatic N) is 1. The van der Waals surface area contributed by atoms with Gasteiger partial charge in [-0.05, 0) is 23.6 Å². The lowest BCUT2D eigenvalue weighted by Gasteiger charge is -2.22. The lowest BCUT2D eigenvalue weighted by molar-refractivity contribution is 0.0694. The van der Waals surface area contributed by atoms with Crippen LogP contribution in [0.2, 0.25) is 5.02 Å². The van der Waals surface area contributed by atoms with Gasteiger partial charge in [0.25, 0.3) is 0 Å². The average molecular weight is 294 g/mol. The van der Waals surface area contributed by atoms with Crippen molar-refractivity contribution in [2.75, 3.05) is 0 Å². The fraction of sp³-hybridized carbons (Fsp3) is 0.333. The van der Waals surface area contributed by atoms with Crippen molar-refractivity contribution in [2.24, 2.45) is 5.41 Å². The van der Waals surface area contributed by atoms with Crippen molar-refractivity contribution >= 4 is 28.5 Å². The van der Waals surface area contributed by atoms with Gasteiger partial charge in [-0.3, -0.25) is 4.79 Å². The summed E-state index contributed by atoms with van der Waals surface area (Å²) < 4.78 is 1.78. The molecule has 0 radical (unpaired) electrons. The molecular weight excluding hydrogens is 278 g/mol. The lowest BCUT2D eigenvalue weighted by Crippen LogP contribution is -2.22. The van der Waals surface area contributed by atoms with Crippen molar-refractivity contribution in [2.45, 2.75) is 27.3 Å². The minimum absolute atomic E-state index is 0.0555. The van der Waals surface area contributed by atoms with Crippen molar-refractivity contribution in [3.63, 3.8) is 0 Å². The molecule has 0 amide bonds. The van der Waals surface area contributed by atoms with Gasteiger partial charge in [0.05, 0.1) is 5.52 Å². The molecule has 106 valence electrons. The van der Waals surface area contributed by atoms with E-state index >= 15 is 0 Å². The van der Waals surface area contributed by atoms with Gasteiger partial charge in [0.1, 0.15) is 5.56 Å². The molecule has 1 heterocycles. The number of aromatic nitrogens is 1. The molecule has 1 aromatic carbocycles. The molecule has 0 bridgehead atoms. The van der Waals surface area contributed by atoms with Crippen LogP contribution in [-0.2, 0) is 6.54 Å². The number of carboxylic acid groups (broad SMARTS) is 1. The zero-order valence-electron chi connectivity index (χ0n) is 11.6. The molecule has 2 rings (SSSR count). The van der Waals surface area contributed by atoms with Crippen molar-refractivity contribution in [1.82, 2.24) is 4.57 Å². The number of fused-ring (bicyclic) bond motifs is 1. The normalized spacial score (nSPS) is 11.8. The Morgan fingerprint density at radius 3 is 2.55 bits per heavy atom. The van der Waals surface area contributed by atoms with Crippen LogP contribution in [0.15, 0.2) is 29.2 Å². The van der Waals surface area contributed by atoms with Crippen molar-refractivity contribution < 1.29 is 9.90 Å². The molecule has 1 N–H and O–H groups in total. The molecule has 0 aliphatic carbocycles. The van der Waals surface area contributed by atoms with E-state index in [1.807, 2.05) is 20.8 Å². The molecule has 0 fully saturated rings. The highest BCUT2D eigenvalue weighted by Gasteiger charge is 2.18. The van der Waals surface area contributed by atoms with Crippen LogP contribution in [0.5, 0.6) is 0 Å². The van der Waals surface area contributed by atoms with E-state index in [9.17, 15) is 9.59 Å². The number of hydrogen-bond donors (Lipinski definition) is 1. The summed E-state index contributed by atoms with van der Waals surface area (Å²) in [6.07, 6.45) is 1.40. The number of aromatic carboxylic acids is 1. The zero-order valence-corrected chi connectivity index (χ0v) is 12.4. The summed E-state index contributed by atoms with van der Waals surface area (Å²) in [6.45, 7) is 6.72. The second-order valence-corrected chi connectivity index (χ2v) is 6.46. The van der Waals surface area contributed by atoms with Crippen molar-refractivity contribution in [1.29, 1.82) is 0 Å². The Kier molecular flexibility index (Phi) is 3.61. The van der Waals surface area contributed by atoms with Crippen LogP contribution in [0.1, 0.15) is 31.1 Å². The van der Waals surface area contributed by atoms with Crippen LogP contribution in [0.4, 0.5) is 0 Å². The predicted molar refractivity (Wildman–Crippen MR) is 79.6 cm³/mol. The lowest BCUT2D eigenvalue weighted by atomic mass is 9.96. The molecule has 0 aliphatic rings. The van der Waals surface area contributed by atoms with Crippen LogP contribution >= 0.6 is 11.6 Å². The van der Waals surface area contributed by atoms with Crippen LogP contribution < -0.4 is 5.43 Å². The van der Waals surface area contributed by atoms with E-state index in [1.54, 1.807) is 22.8 Å². The number of carboxylic acids is 1. The van der Waals surface area contributed by atoms with Gasteiger partial charge in [0, 0.05) is 23.2 Å². The maximum absolute atomic E-state index is 12.2. The molecule has 0 spiro atoms. The fourth-order valence-electron chi connectivity index (χ4n) is 2.16. The van der Waals surface area contributed by atoms with E-state index in [1.165, 1.54) is 6.20 Å². The molecule has 0 atom stereocenters. The summed E-state index contributed by atoms with van der Waals surface area (Å²) in [5.74, 6) is -1.21. The topological polar surface area (TPSA) is 59.3 Å². The number of hydrogen-bond acceptors (Lipinski definition) is 2. The van der Waals surface area contributed by atoms with Crippen molar-refractivity contribution in [3.8, 4) is 0 Å². The van der Waals surface area contributed by atoms with Gasteiger partial charge in [-0.15, -0.1) is 0 Å². The molecule has 0 saturated heterocycles. The minimum Gasteiger partial charge on any atom is -0.477 e.